The predicted octanol–water partition coefficient (Wildman–Crippen LogP) is 4.20. The molecule has 1 spiro atoms. The third-order valence-electron chi connectivity index (χ3n) is 6.13. The van der Waals surface area contributed by atoms with Gasteiger partial charge in [0.1, 0.15) is 0 Å². The Kier molecular flexibility index (Phi) is 5.38. The minimum atomic E-state index is -0.388. The Morgan fingerprint density at radius 3 is 2.37 bits per heavy atom. The van der Waals surface area contributed by atoms with E-state index in [1.54, 1.807) is 0 Å². The van der Waals surface area contributed by atoms with Crippen molar-refractivity contribution >= 4 is 11.8 Å². The van der Waals surface area contributed by atoms with Gasteiger partial charge >= 0.3 is 0 Å². The summed E-state index contributed by atoms with van der Waals surface area (Å²) in [6.07, 6.45) is 2.73. The molecule has 2 fully saturated rings. The summed E-state index contributed by atoms with van der Waals surface area (Å²) in [5.74, 6) is 0.920. The molecule has 4 heteroatoms. The minimum Gasteiger partial charge on any atom is -0.341 e. The number of likely N-dealkylation sites (tertiary alicyclic amines) is 2. The van der Waals surface area contributed by atoms with Gasteiger partial charge in [-0.1, -0.05) is 58.9 Å². The van der Waals surface area contributed by atoms with E-state index in [4.69, 9.17) is 0 Å². The molecular weight excluding hydrogens is 336 g/mol. The predicted molar refractivity (Wildman–Crippen MR) is 108 cm³/mol. The standard InChI is InChI=1S/C23H34N2O2/c1-17(2)19-9-7-18(8-10-19)15-24-13-6-11-23(21(24)27)12-14-25(16-23)20(26)22(3,4)5/h7-10,17H,6,11-16H2,1-5H3. The van der Waals surface area contributed by atoms with Crippen molar-refractivity contribution < 1.29 is 9.59 Å². The van der Waals surface area contributed by atoms with Crippen molar-refractivity contribution in [2.45, 2.75) is 66.3 Å². The van der Waals surface area contributed by atoms with E-state index in [0.717, 1.165) is 25.8 Å². The number of carbonyl (C=O) groups is 2. The number of benzene rings is 1. The Labute approximate surface area is 163 Å². The average Bonchev–Trinajstić information content (AvgIpc) is 3.03. The first-order chi connectivity index (χ1) is 12.6. The van der Waals surface area contributed by atoms with Crippen LogP contribution in [-0.4, -0.2) is 41.2 Å². The van der Waals surface area contributed by atoms with Crippen LogP contribution in [0.4, 0.5) is 0 Å². The smallest absolute Gasteiger partial charge is 0.230 e. The van der Waals surface area contributed by atoms with E-state index >= 15 is 0 Å². The van der Waals surface area contributed by atoms with Crippen LogP contribution in [0.5, 0.6) is 0 Å². The lowest BCUT2D eigenvalue weighted by atomic mass is 9.78. The molecular formula is C23H34N2O2. The lowest BCUT2D eigenvalue weighted by molar-refractivity contribution is -0.147. The van der Waals surface area contributed by atoms with Gasteiger partial charge in [-0.3, -0.25) is 9.59 Å². The molecule has 2 saturated heterocycles. The number of hydrogen-bond donors (Lipinski definition) is 0. The molecule has 0 saturated carbocycles. The zero-order valence-corrected chi connectivity index (χ0v) is 17.5. The van der Waals surface area contributed by atoms with Crippen molar-refractivity contribution in [2.75, 3.05) is 19.6 Å². The van der Waals surface area contributed by atoms with Gasteiger partial charge in [0.25, 0.3) is 0 Å². The third-order valence-corrected chi connectivity index (χ3v) is 6.13. The van der Waals surface area contributed by atoms with E-state index in [-0.39, 0.29) is 22.6 Å². The molecule has 2 amide bonds. The van der Waals surface area contributed by atoms with Crippen LogP contribution < -0.4 is 0 Å². The van der Waals surface area contributed by atoms with Gasteiger partial charge in [0.15, 0.2) is 0 Å². The SMILES string of the molecule is CC(C)c1ccc(CN2CCCC3(CCN(C(=O)C(C)(C)C)C3)C2=O)cc1. The number of carbonyl (C=O) groups excluding carboxylic acids is 2. The maximum Gasteiger partial charge on any atom is 0.230 e. The minimum absolute atomic E-state index is 0.161. The second-order valence-electron chi connectivity index (χ2n) is 9.73. The zero-order valence-electron chi connectivity index (χ0n) is 17.5. The van der Waals surface area contributed by atoms with Gasteiger partial charge < -0.3 is 9.80 Å². The van der Waals surface area contributed by atoms with Crippen molar-refractivity contribution in [1.82, 2.24) is 9.80 Å². The fourth-order valence-corrected chi connectivity index (χ4v) is 4.43. The van der Waals surface area contributed by atoms with Gasteiger partial charge in [-0.15, -0.1) is 0 Å². The van der Waals surface area contributed by atoms with Crippen LogP contribution in [0.2, 0.25) is 0 Å². The molecule has 2 aliphatic rings. The number of piperidine rings is 1. The molecule has 0 aromatic heterocycles. The summed E-state index contributed by atoms with van der Waals surface area (Å²) < 4.78 is 0. The number of nitrogens with zero attached hydrogens (tertiary/aromatic N) is 2. The summed E-state index contributed by atoms with van der Waals surface area (Å²) in [5, 5.41) is 0. The van der Waals surface area contributed by atoms with E-state index in [1.165, 1.54) is 11.1 Å². The van der Waals surface area contributed by atoms with Gasteiger partial charge in [0.2, 0.25) is 11.8 Å². The van der Waals surface area contributed by atoms with Gasteiger partial charge in [0.05, 0.1) is 5.41 Å². The van der Waals surface area contributed by atoms with E-state index in [0.29, 0.717) is 25.6 Å². The molecule has 27 heavy (non-hydrogen) atoms. The molecule has 148 valence electrons. The number of hydrogen-bond acceptors (Lipinski definition) is 2. The van der Waals surface area contributed by atoms with Gasteiger partial charge in [-0.2, -0.15) is 0 Å². The lowest BCUT2D eigenvalue weighted by Gasteiger charge is -2.39. The van der Waals surface area contributed by atoms with E-state index in [1.807, 2.05) is 30.6 Å². The first-order valence-corrected chi connectivity index (χ1v) is 10.3. The Morgan fingerprint density at radius 1 is 1.11 bits per heavy atom. The third kappa shape index (κ3) is 4.04. The summed E-state index contributed by atoms with van der Waals surface area (Å²) in [7, 11) is 0. The fourth-order valence-electron chi connectivity index (χ4n) is 4.43. The molecule has 3 rings (SSSR count). The first kappa shape index (κ1) is 19.9. The summed E-state index contributed by atoms with van der Waals surface area (Å²) in [6, 6.07) is 8.63. The summed E-state index contributed by atoms with van der Waals surface area (Å²) >= 11 is 0. The molecule has 1 atom stereocenters. The zero-order chi connectivity index (χ0) is 19.8. The maximum absolute atomic E-state index is 13.3. The fraction of sp³-hybridized carbons (Fsp3) is 0.652. The highest BCUT2D eigenvalue weighted by molar-refractivity contribution is 5.87. The van der Waals surface area contributed by atoms with Crippen LogP contribution in [0.25, 0.3) is 0 Å². The molecule has 0 aliphatic carbocycles. The summed E-state index contributed by atoms with van der Waals surface area (Å²) in [4.78, 5) is 29.9. The highest BCUT2D eigenvalue weighted by atomic mass is 16.2. The Balaban J connectivity index is 1.70. The van der Waals surface area contributed by atoms with E-state index < -0.39 is 0 Å². The highest BCUT2D eigenvalue weighted by Gasteiger charge is 2.50. The second-order valence-corrected chi connectivity index (χ2v) is 9.73. The van der Waals surface area contributed by atoms with Crippen molar-refractivity contribution in [2.24, 2.45) is 10.8 Å². The molecule has 0 radical (unpaired) electrons. The second kappa shape index (κ2) is 7.29. The molecule has 4 nitrogen and oxygen atoms in total. The summed E-state index contributed by atoms with van der Waals surface area (Å²) in [6.45, 7) is 13.0. The summed E-state index contributed by atoms with van der Waals surface area (Å²) in [5.41, 5.74) is 1.76. The van der Waals surface area contributed by atoms with Crippen molar-refractivity contribution in [3.8, 4) is 0 Å². The monoisotopic (exact) mass is 370 g/mol. The molecule has 1 aromatic rings. The van der Waals surface area contributed by atoms with Crippen LogP contribution in [-0.2, 0) is 16.1 Å². The van der Waals surface area contributed by atoms with Gasteiger partial charge in [-0.05, 0) is 36.3 Å². The van der Waals surface area contributed by atoms with Crippen LogP contribution in [0.3, 0.4) is 0 Å². The molecule has 0 N–H and O–H groups in total. The average molecular weight is 371 g/mol. The number of rotatable bonds is 3. The van der Waals surface area contributed by atoms with Crippen LogP contribution >= 0.6 is 0 Å². The van der Waals surface area contributed by atoms with Crippen LogP contribution in [0.15, 0.2) is 24.3 Å². The van der Waals surface area contributed by atoms with Gasteiger partial charge in [-0.25, -0.2) is 0 Å². The molecule has 2 aliphatic heterocycles. The normalized spacial score (nSPS) is 23.6. The van der Waals surface area contributed by atoms with E-state index in [9.17, 15) is 9.59 Å². The Bertz CT molecular complexity index is 702. The van der Waals surface area contributed by atoms with Crippen LogP contribution in [0.1, 0.15) is 70.9 Å². The van der Waals surface area contributed by atoms with Crippen molar-refractivity contribution in [3.05, 3.63) is 35.4 Å². The molecule has 1 unspecified atom stereocenters. The lowest BCUT2D eigenvalue weighted by Crippen LogP contribution is -2.50. The Hall–Kier alpha value is -1.84. The van der Waals surface area contributed by atoms with Crippen LogP contribution in [0, 0.1) is 10.8 Å². The van der Waals surface area contributed by atoms with Crippen molar-refractivity contribution in [3.63, 3.8) is 0 Å². The highest BCUT2D eigenvalue weighted by Crippen LogP contribution is 2.41. The molecule has 0 bridgehead atoms. The maximum atomic E-state index is 13.3. The van der Waals surface area contributed by atoms with E-state index in [2.05, 4.69) is 38.1 Å². The van der Waals surface area contributed by atoms with Gasteiger partial charge in [0, 0.05) is 31.6 Å². The largest absolute Gasteiger partial charge is 0.341 e. The quantitative estimate of drug-likeness (QED) is 0.800. The molecule has 1 aromatic carbocycles. The topological polar surface area (TPSA) is 40.6 Å². The Morgan fingerprint density at radius 2 is 1.78 bits per heavy atom. The molecule has 2 heterocycles. The van der Waals surface area contributed by atoms with Crippen molar-refractivity contribution in [1.29, 1.82) is 0 Å². The first-order valence-electron chi connectivity index (χ1n) is 10.3. The number of amides is 2.